The first-order valence-electron chi connectivity index (χ1n) is 6.67. The summed E-state index contributed by atoms with van der Waals surface area (Å²) in [6.45, 7) is 4.44. The van der Waals surface area contributed by atoms with Crippen molar-refractivity contribution >= 4 is 15.7 Å². The van der Waals surface area contributed by atoms with E-state index < -0.39 is 10.0 Å². The molecule has 0 amide bonds. The zero-order valence-electron chi connectivity index (χ0n) is 12.1. The van der Waals surface area contributed by atoms with Crippen molar-refractivity contribution < 1.29 is 13.5 Å². The Kier molecular flexibility index (Phi) is 5.98. The van der Waals surface area contributed by atoms with Crippen molar-refractivity contribution in [1.29, 1.82) is 0 Å². The van der Waals surface area contributed by atoms with Crippen LogP contribution in [0.3, 0.4) is 0 Å². The first kappa shape index (κ1) is 16.9. The highest BCUT2D eigenvalue weighted by Gasteiger charge is 2.21. The highest BCUT2D eigenvalue weighted by Crippen LogP contribution is 2.21. The predicted octanol–water partition coefficient (Wildman–Crippen LogP) is 1.49. The molecule has 4 N–H and O–H groups in total. The second kappa shape index (κ2) is 7.06. The van der Waals surface area contributed by atoms with Crippen molar-refractivity contribution in [3.05, 3.63) is 29.8 Å². The van der Waals surface area contributed by atoms with Crippen LogP contribution in [0.15, 0.2) is 24.3 Å². The van der Waals surface area contributed by atoms with E-state index in [1.54, 1.807) is 24.3 Å². The number of nitrogens with two attached hydrogens (primary N) is 1. The number of nitrogen functional groups attached to an aromatic ring is 1. The third kappa shape index (κ3) is 6.36. The topological polar surface area (TPSA) is 92.4 Å². The molecule has 0 radical (unpaired) electrons. The second-order valence-electron chi connectivity index (χ2n) is 5.82. The van der Waals surface area contributed by atoms with Gasteiger partial charge in [-0.05, 0) is 36.0 Å². The van der Waals surface area contributed by atoms with Gasteiger partial charge < -0.3 is 10.8 Å². The van der Waals surface area contributed by atoms with E-state index in [-0.39, 0.29) is 17.8 Å². The van der Waals surface area contributed by atoms with Gasteiger partial charge in [0.2, 0.25) is 10.0 Å². The number of nitrogens with one attached hydrogen (secondary N) is 1. The van der Waals surface area contributed by atoms with Crippen LogP contribution < -0.4 is 10.5 Å². The third-order valence-electron chi connectivity index (χ3n) is 3.09. The van der Waals surface area contributed by atoms with Crippen LogP contribution in [0.2, 0.25) is 0 Å². The molecular formula is C14H24N2O3S. The van der Waals surface area contributed by atoms with Gasteiger partial charge in [0.15, 0.2) is 0 Å². The Labute approximate surface area is 121 Å². The summed E-state index contributed by atoms with van der Waals surface area (Å²) in [4.78, 5) is 0. The molecule has 1 rings (SSSR count). The van der Waals surface area contributed by atoms with E-state index in [1.165, 1.54) is 0 Å². The van der Waals surface area contributed by atoms with Crippen LogP contribution in [0.25, 0.3) is 0 Å². The van der Waals surface area contributed by atoms with Crippen LogP contribution >= 0.6 is 0 Å². The maximum atomic E-state index is 12.0. The number of rotatable bonds is 8. The molecule has 0 saturated carbocycles. The SMILES string of the molecule is CC(C)(CCCO)CNS(=O)(=O)Cc1cccc(N)c1. The fourth-order valence-corrected chi connectivity index (χ4v) is 3.24. The van der Waals surface area contributed by atoms with E-state index in [2.05, 4.69) is 4.72 Å². The Balaban J connectivity index is 2.58. The fourth-order valence-electron chi connectivity index (χ4n) is 1.90. The van der Waals surface area contributed by atoms with Crippen LogP contribution in [-0.2, 0) is 15.8 Å². The van der Waals surface area contributed by atoms with Crippen molar-refractivity contribution in [3.8, 4) is 0 Å². The van der Waals surface area contributed by atoms with Crippen molar-refractivity contribution in [2.75, 3.05) is 18.9 Å². The van der Waals surface area contributed by atoms with Crippen LogP contribution in [0.5, 0.6) is 0 Å². The Morgan fingerprint density at radius 1 is 1.35 bits per heavy atom. The minimum atomic E-state index is -3.38. The molecule has 0 fully saturated rings. The fraction of sp³-hybridized carbons (Fsp3) is 0.571. The minimum absolute atomic E-state index is 0.0753. The summed E-state index contributed by atoms with van der Waals surface area (Å²) in [5.74, 6) is -0.0753. The van der Waals surface area contributed by atoms with Crippen LogP contribution in [0.1, 0.15) is 32.3 Å². The van der Waals surface area contributed by atoms with Gasteiger partial charge in [-0.2, -0.15) is 0 Å². The molecule has 0 aliphatic carbocycles. The highest BCUT2D eigenvalue weighted by molar-refractivity contribution is 7.88. The number of hydrogen-bond acceptors (Lipinski definition) is 4. The normalized spacial score (nSPS) is 12.6. The van der Waals surface area contributed by atoms with Gasteiger partial charge in [0.1, 0.15) is 0 Å². The summed E-state index contributed by atoms with van der Waals surface area (Å²) in [6.07, 6.45) is 1.44. The lowest BCUT2D eigenvalue weighted by atomic mass is 9.88. The van der Waals surface area contributed by atoms with Gasteiger partial charge in [0, 0.05) is 18.8 Å². The molecule has 1 aromatic rings. The summed E-state index contributed by atoms with van der Waals surface area (Å²) in [5.41, 5.74) is 6.69. The summed E-state index contributed by atoms with van der Waals surface area (Å²) < 4.78 is 26.7. The quantitative estimate of drug-likeness (QED) is 0.634. The summed E-state index contributed by atoms with van der Waals surface area (Å²) >= 11 is 0. The van der Waals surface area contributed by atoms with E-state index in [9.17, 15) is 8.42 Å². The molecular weight excluding hydrogens is 276 g/mol. The Morgan fingerprint density at radius 3 is 2.65 bits per heavy atom. The van der Waals surface area contributed by atoms with Crippen LogP contribution in [0.4, 0.5) is 5.69 Å². The molecule has 6 heteroatoms. The molecule has 114 valence electrons. The number of benzene rings is 1. The second-order valence-corrected chi connectivity index (χ2v) is 7.62. The van der Waals surface area contributed by atoms with E-state index in [0.717, 1.165) is 6.42 Å². The lowest BCUT2D eigenvalue weighted by Gasteiger charge is -2.24. The molecule has 20 heavy (non-hydrogen) atoms. The van der Waals surface area contributed by atoms with E-state index in [0.29, 0.717) is 24.2 Å². The Hall–Kier alpha value is -1.11. The number of aliphatic hydroxyl groups is 1. The molecule has 0 heterocycles. The van der Waals surface area contributed by atoms with Gasteiger partial charge in [-0.1, -0.05) is 26.0 Å². The highest BCUT2D eigenvalue weighted by atomic mass is 32.2. The molecule has 0 aliphatic heterocycles. The lowest BCUT2D eigenvalue weighted by Crippen LogP contribution is -2.34. The van der Waals surface area contributed by atoms with Gasteiger partial charge >= 0.3 is 0 Å². The number of aliphatic hydroxyl groups excluding tert-OH is 1. The molecule has 0 unspecified atom stereocenters. The summed E-state index contributed by atoms with van der Waals surface area (Å²) in [6, 6.07) is 6.87. The largest absolute Gasteiger partial charge is 0.399 e. The third-order valence-corrected chi connectivity index (χ3v) is 4.39. The van der Waals surface area contributed by atoms with E-state index in [1.807, 2.05) is 13.8 Å². The van der Waals surface area contributed by atoms with Crippen molar-refractivity contribution in [1.82, 2.24) is 4.72 Å². The molecule has 0 aromatic heterocycles. The van der Waals surface area contributed by atoms with Gasteiger partial charge in [-0.25, -0.2) is 13.1 Å². The number of sulfonamides is 1. The van der Waals surface area contributed by atoms with Gasteiger partial charge in [-0.15, -0.1) is 0 Å². The lowest BCUT2D eigenvalue weighted by molar-refractivity contribution is 0.242. The molecule has 0 aliphatic rings. The molecule has 0 bridgehead atoms. The molecule has 1 aromatic carbocycles. The maximum Gasteiger partial charge on any atom is 0.215 e. The first-order chi connectivity index (χ1) is 9.24. The van der Waals surface area contributed by atoms with Crippen molar-refractivity contribution in [2.24, 2.45) is 5.41 Å². The van der Waals surface area contributed by atoms with E-state index in [4.69, 9.17) is 10.8 Å². The average molecular weight is 300 g/mol. The van der Waals surface area contributed by atoms with Crippen molar-refractivity contribution in [3.63, 3.8) is 0 Å². The zero-order valence-corrected chi connectivity index (χ0v) is 12.9. The summed E-state index contributed by atoms with van der Waals surface area (Å²) in [5, 5.41) is 8.83. The van der Waals surface area contributed by atoms with Crippen LogP contribution in [0, 0.1) is 5.41 Å². The maximum absolute atomic E-state index is 12.0. The van der Waals surface area contributed by atoms with Gasteiger partial charge in [0.05, 0.1) is 5.75 Å². The monoisotopic (exact) mass is 300 g/mol. The van der Waals surface area contributed by atoms with Crippen LogP contribution in [-0.4, -0.2) is 26.7 Å². The smallest absolute Gasteiger partial charge is 0.215 e. The van der Waals surface area contributed by atoms with E-state index >= 15 is 0 Å². The van der Waals surface area contributed by atoms with Crippen molar-refractivity contribution in [2.45, 2.75) is 32.4 Å². The first-order valence-corrected chi connectivity index (χ1v) is 8.32. The Morgan fingerprint density at radius 2 is 2.05 bits per heavy atom. The molecule has 0 atom stereocenters. The number of anilines is 1. The Bertz CT molecular complexity index is 527. The molecule has 0 spiro atoms. The molecule has 0 saturated heterocycles. The minimum Gasteiger partial charge on any atom is -0.399 e. The number of hydrogen-bond donors (Lipinski definition) is 3. The standard InChI is InChI=1S/C14H24N2O3S/c1-14(2,7-4-8-17)11-16-20(18,19)10-12-5-3-6-13(15)9-12/h3,5-6,9,16-17H,4,7-8,10-11,15H2,1-2H3. The van der Waals surface area contributed by atoms with Gasteiger partial charge in [0.25, 0.3) is 0 Å². The zero-order chi connectivity index (χ0) is 15.2. The predicted molar refractivity (Wildman–Crippen MR) is 81.6 cm³/mol. The van der Waals surface area contributed by atoms with Gasteiger partial charge in [-0.3, -0.25) is 0 Å². The average Bonchev–Trinajstić information content (AvgIpc) is 2.34. The molecule has 5 nitrogen and oxygen atoms in total. The summed E-state index contributed by atoms with van der Waals surface area (Å²) in [7, 11) is -3.38.